The van der Waals surface area contributed by atoms with Crippen LogP contribution < -0.4 is 10.5 Å². The summed E-state index contributed by atoms with van der Waals surface area (Å²) in [6, 6.07) is 9.58. The molecule has 108 valence electrons. The van der Waals surface area contributed by atoms with Gasteiger partial charge in [0.1, 0.15) is 11.6 Å². The molecule has 0 radical (unpaired) electrons. The van der Waals surface area contributed by atoms with Gasteiger partial charge in [-0.05, 0) is 52.7 Å². The number of halogens is 1. The first kappa shape index (κ1) is 15.0. The Morgan fingerprint density at radius 3 is 2.52 bits per heavy atom. The molecule has 0 heterocycles. The Hall–Kier alpha value is -2.41. The molecule has 2 aromatic carbocycles. The van der Waals surface area contributed by atoms with Gasteiger partial charge in [0.2, 0.25) is 5.75 Å². The number of hydrogen-bond donors (Lipinski definition) is 2. The number of nitro groups is 1. The van der Waals surface area contributed by atoms with E-state index in [2.05, 4.69) is 15.9 Å². The molecule has 21 heavy (non-hydrogen) atoms. The Balaban J connectivity index is 2.39. The molecule has 0 aliphatic rings. The Morgan fingerprint density at radius 1 is 1.29 bits per heavy atom. The van der Waals surface area contributed by atoms with Crippen LogP contribution in [0.1, 0.15) is 11.1 Å². The highest BCUT2D eigenvalue weighted by Crippen LogP contribution is 2.35. The second-order valence-electron chi connectivity index (χ2n) is 4.39. The molecule has 7 heteroatoms. The number of benzene rings is 2. The van der Waals surface area contributed by atoms with Crippen molar-refractivity contribution in [3.05, 3.63) is 62.1 Å². The lowest BCUT2D eigenvalue weighted by Gasteiger charge is -2.09. The van der Waals surface area contributed by atoms with Crippen molar-refractivity contribution in [2.75, 3.05) is 0 Å². The number of aryl methyl sites for hydroxylation is 1. The highest BCUT2D eigenvalue weighted by atomic mass is 79.9. The van der Waals surface area contributed by atoms with Crippen molar-refractivity contribution in [3.8, 4) is 11.5 Å². The quantitative estimate of drug-likeness (QED) is 0.379. The summed E-state index contributed by atoms with van der Waals surface area (Å²) in [6.07, 6.45) is 0. The smallest absolute Gasteiger partial charge is 0.311 e. The van der Waals surface area contributed by atoms with E-state index in [1.807, 2.05) is 0 Å². The minimum absolute atomic E-state index is 0.0661. The minimum atomic E-state index is -0.486. The predicted molar refractivity (Wildman–Crippen MR) is 83.1 cm³/mol. The van der Waals surface area contributed by atoms with Gasteiger partial charge >= 0.3 is 5.69 Å². The molecule has 0 saturated carbocycles. The second-order valence-corrected chi connectivity index (χ2v) is 5.24. The maximum absolute atomic E-state index is 11.1. The lowest BCUT2D eigenvalue weighted by Crippen LogP contribution is -2.10. The largest absolute Gasteiger partial charge is 0.449 e. The first-order valence-electron chi connectivity index (χ1n) is 5.95. The van der Waals surface area contributed by atoms with E-state index in [0.29, 0.717) is 15.8 Å². The molecule has 0 saturated heterocycles. The fourth-order valence-corrected chi connectivity index (χ4v) is 2.19. The number of nitro benzene ring substituents is 1. The van der Waals surface area contributed by atoms with Crippen molar-refractivity contribution in [2.45, 2.75) is 6.92 Å². The molecule has 6 nitrogen and oxygen atoms in total. The van der Waals surface area contributed by atoms with E-state index >= 15 is 0 Å². The van der Waals surface area contributed by atoms with Crippen LogP contribution in [0, 0.1) is 22.4 Å². The number of nitrogens with one attached hydrogen (secondary N) is 1. The molecule has 3 N–H and O–H groups in total. The second kappa shape index (κ2) is 5.92. The molecule has 0 aliphatic carbocycles. The number of rotatable bonds is 4. The zero-order valence-electron chi connectivity index (χ0n) is 11.1. The van der Waals surface area contributed by atoms with Crippen LogP contribution in [0.5, 0.6) is 11.5 Å². The van der Waals surface area contributed by atoms with Gasteiger partial charge in [0.05, 0.1) is 9.40 Å². The fourth-order valence-electron chi connectivity index (χ4n) is 1.73. The maximum Gasteiger partial charge on any atom is 0.311 e. The van der Waals surface area contributed by atoms with Gasteiger partial charge in [-0.1, -0.05) is 6.07 Å². The lowest BCUT2D eigenvalue weighted by atomic mass is 10.2. The Labute approximate surface area is 129 Å². The van der Waals surface area contributed by atoms with Crippen molar-refractivity contribution in [3.63, 3.8) is 0 Å². The van der Waals surface area contributed by atoms with E-state index in [-0.39, 0.29) is 17.3 Å². The van der Waals surface area contributed by atoms with E-state index in [4.69, 9.17) is 15.9 Å². The van der Waals surface area contributed by atoms with Crippen LogP contribution in [0.15, 0.2) is 40.9 Å². The monoisotopic (exact) mass is 349 g/mol. The molecule has 0 fully saturated rings. The number of nitrogens with zero attached hydrogens (tertiary/aromatic N) is 1. The molecule has 0 bridgehead atoms. The van der Waals surface area contributed by atoms with E-state index < -0.39 is 4.92 Å². The van der Waals surface area contributed by atoms with Crippen LogP contribution >= 0.6 is 15.9 Å². The van der Waals surface area contributed by atoms with Crippen LogP contribution in [-0.4, -0.2) is 10.8 Å². The minimum Gasteiger partial charge on any atom is -0.449 e. The number of nitrogens with two attached hydrogens (primary N) is 1. The summed E-state index contributed by atoms with van der Waals surface area (Å²) in [6.45, 7) is 1.77. The Bertz CT molecular complexity index is 731. The van der Waals surface area contributed by atoms with Crippen molar-refractivity contribution in [1.82, 2.24) is 0 Å². The number of nitrogen functional groups attached to an aromatic ring is 1. The molecule has 0 aromatic heterocycles. The highest BCUT2D eigenvalue weighted by Gasteiger charge is 2.17. The number of amidine groups is 1. The van der Waals surface area contributed by atoms with Crippen molar-refractivity contribution in [1.29, 1.82) is 5.41 Å². The molecule has 0 amide bonds. The highest BCUT2D eigenvalue weighted by molar-refractivity contribution is 9.10. The summed E-state index contributed by atoms with van der Waals surface area (Å²) in [5, 5.41) is 18.4. The molecule has 0 unspecified atom stereocenters. The van der Waals surface area contributed by atoms with Crippen LogP contribution in [0.25, 0.3) is 0 Å². The van der Waals surface area contributed by atoms with Gasteiger partial charge in [0.25, 0.3) is 0 Å². The molecule has 2 rings (SSSR count). The molecular formula is C14H12BrN3O3. The van der Waals surface area contributed by atoms with Crippen LogP contribution in [0.4, 0.5) is 5.69 Å². The van der Waals surface area contributed by atoms with Crippen LogP contribution in [0.2, 0.25) is 0 Å². The third-order valence-corrected chi connectivity index (χ3v) is 3.39. The summed E-state index contributed by atoms with van der Waals surface area (Å²) in [5.41, 5.74) is 6.61. The first-order valence-corrected chi connectivity index (χ1v) is 6.74. The van der Waals surface area contributed by atoms with Crippen molar-refractivity contribution >= 4 is 27.5 Å². The summed E-state index contributed by atoms with van der Waals surface area (Å²) < 4.78 is 6.15. The standard InChI is InChI=1S/C14H12BrN3O3/c1-8-2-4-13(11(6-8)18(19)20)21-12-5-3-9(14(16)17)7-10(12)15/h2-7H,1H3,(H3,16,17). The van der Waals surface area contributed by atoms with Gasteiger partial charge in [-0.15, -0.1) is 0 Å². The zero-order valence-corrected chi connectivity index (χ0v) is 12.7. The summed E-state index contributed by atoms with van der Waals surface area (Å²) >= 11 is 3.30. The predicted octanol–water partition coefficient (Wildman–Crippen LogP) is 3.74. The van der Waals surface area contributed by atoms with Gasteiger partial charge in [0, 0.05) is 11.6 Å². The van der Waals surface area contributed by atoms with Gasteiger partial charge in [-0.25, -0.2) is 0 Å². The third kappa shape index (κ3) is 3.38. The molecule has 0 aliphatic heterocycles. The lowest BCUT2D eigenvalue weighted by molar-refractivity contribution is -0.385. The summed E-state index contributed by atoms with van der Waals surface area (Å²) in [4.78, 5) is 10.6. The van der Waals surface area contributed by atoms with Crippen LogP contribution in [-0.2, 0) is 0 Å². The van der Waals surface area contributed by atoms with Gasteiger partial charge in [-0.3, -0.25) is 15.5 Å². The van der Waals surface area contributed by atoms with Gasteiger partial charge < -0.3 is 10.5 Å². The van der Waals surface area contributed by atoms with E-state index in [1.165, 1.54) is 6.07 Å². The number of hydrogen-bond acceptors (Lipinski definition) is 4. The van der Waals surface area contributed by atoms with E-state index in [0.717, 1.165) is 5.56 Å². The maximum atomic E-state index is 11.1. The Morgan fingerprint density at radius 2 is 1.95 bits per heavy atom. The molecule has 2 aromatic rings. The van der Waals surface area contributed by atoms with Crippen molar-refractivity contribution < 1.29 is 9.66 Å². The topological polar surface area (TPSA) is 102 Å². The average molecular weight is 350 g/mol. The van der Waals surface area contributed by atoms with Gasteiger partial charge in [-0.2, -0.15) is 0 Å². The zero-order chi connectivity index (χ0) is 15.6. The SMILES string of the molecule is Cc1ccc(Oc2ccc(C(=N)N)cc2Br)c([N+](=O)[O-])c1. The number of ether oxygens (including phenoxy) is 1. The van der Waals surface area contributed by atoms with E-state index in [9.17, 15) is 10.1 Å². The average Bonchev–Trinajstić information content (AvgIpc) is 2.42. The summed E-state index contributed by atoms with van der Waals surface area (Å²) in [5.74, 6) is 0.498. The van der Waals surface area contributed by atoms with Gasteiger partial charge in [0.15, 0.2) is 0 Å². The molecular weight excluding hydrogens is 338 g/mol. The normalized spacial score (nSPS) is 10.2. The fraction of sp³-hybridized carbons (Fsp3) is 0.0714. The first-order chi connectivity index (χ1) is 9.88. The van der Waals surface area contributed by atoms with Crippen LogP contribution in [0.3, 0.4) is 0 Å². The van der Waals surface area contributed by atoms with E-state index in [1.54, 1.807) is 37.3 Å². The van der Waals surface area contributed by atoms with Crippen molar-refractivity contribution in [2.24, 2.45) is 5.73 Å². The molecule has 0 atom stereocenters. The molecule has 0 spiro atoms. The third-order valence-electron chi connectivity index (χ3n) is 2.77. The summed E-state index contributed by atoms with van der Waals surface area (Å²) in [7, 11) is 0. The Kier molecular flexibility index (Phi) is 4.23.